The van der Waals surface area contributed by atoms with Gasteiger partial charge in [-0.1, -0.05) is 35.3 Å². The summed E-state index contributed by atoms with van der Waals surface area (Å²) in [6, 6.07) is 13.5. The molecule has 0 unspecified atom stereocenters. The number of aromatic nitrogens is 2. The summed E-state index contributed by atoms with van der Waals surface area (Å²) < 4.78 is 36.2. The van der Waals surface area contributed by atoms with Crippen LogP contribution in [0.15, 0.2) is 53.4 Å². The summed E-state index contributed by atoms with van der Waals surface area (Å²) in [6.45, 7) is 0.144. The zero-order valence-corrected chi connectivity index (χ0v) is 18.8. The maximum absolute atomic E-state index is 12.3. The Morgan fingerprint density at radius 1 is 1.03 bits per heavy atom. The number of methoxy groups -OCH3 is 2. The van der Waals surface area contributed by atoms with Crippen molar-refractivity contribution in [3.8, 4) is 22.7 Å². The van der Waals surface area contributed by atoms with Crippen molar-refractivity contribution in [3.05, 3.63) is 58.7 Å². The van der Waals surface area contributed by atoms with Gasteiger partial charge in [-0.05, 0) is 30.3 Å². The predicted molar refractivity (Wildman–Crippen MR) is 117 cm³/mol. The second kappa shape index (κ2) is 9.82. The second-order valence-corrected chi connectivity index (χ2v) is 8.82. The van der Waals surface area contributed by atoms with Gasteiger partial charge in [0.2, 0.25) is 0 Å². The first kappa shape index (κ1) is 23.5. The third-order valence-corrected chi connectivity index (χ3v) is 6.30. The van der Waals surface area contributed by atoms with Crippen molar-refractivity contribution in [1.82, 2.24) is 9.78 Å². The lowest BCUT2D eigenvalue weighted by atomic mass is 10.1. The number of sulfone groups is 1. The van der Waals surface area contributed by atoms with Crippen LogP contribution in [0.2, 0.25) is 10.2 Å². The van der Waals surface area contributed by atoms with E-state index in [1.165, 1.54) is 7.11 Å². The van der Waals surface area contributed by atoms with Gasteiger partial charge in [0.05, 0.1) is 40.8 Å². The Hall–Kier alpha value is -1.77. The molecule has 1 heterocycles. The van der Waals surface area contributed by atoms with Crippen LogP contribution in [0, 0.1) is 0 Å². The molecule has 6 nitrogen and oxygen atoms in total. The molecule has 0 spiro atoms. The molecule has 0 aliphatic carbocycles. The Balaban J connectivity index is 0.00000300. The van der Waals surface area contributed by atoms with E-state index in [0.29, 0.717) is 27.3 Å². The average Bonchev–Trinajstić information content (AvgIpc) is 3.08. The van der Waals surface area contributed by atoms with Gasteiger partial charge in [0.15, 0.2) is 15.0 Å². The largest absolute Gasteiger partial charge is 0.495 e. The van der Waals surface area contributed by atoms with E-state index in [1.54, 1.807) is 60.3 Å². The molecule has 0 bridgehead atoms. The van der Waals surface area contributed by atoms with Crippen LogP contribution in [0.25, 0.3) is 16.9 Å². The number of halogens is 3. The van der Waals surface area contributed by atoms with Gasteiger partial charge in [-0.15, -0.1) is 12.4 Å². The fourth-order valence-electron chi connectivity index (χ4n) is 2.69. The van der Waals surface area contributed by atoms with E-state index >= 15 is 0 Å². The molecule has 3 aromatic rings. The van der Waals surface area contributed by atoms with Gasteiger partial charge < -0.3 is 9.47 Å². The lowest BCUT2D eigenvalue weighted by Gasteiger charge is -2.10. The molecule has 0 saturated carbocycles. The molecule has 10 heteroatoms. The lowest BCUT2D eigenvalue weighted by Crippen LogP contribution is -2.11. The first-order valence-electron chi connectivity index (χ1n) is 8.27. The Labute approximate surface area is 185 Å². The minimum absolute atomic E-state index is 0. The average molecular weight is 478 g/mol. The van der Waals surface area contributed by atoms with Crippen molar-refractivity contribution >= 4 is 45.4 Å². The molecule has 0 N–H and O–H groups in total. The Morgan fingerprint density at radius 2 is 1.72 bits per heavy atom. The van der Waals surface area contributed by atoms with Crippen LogP contribution in [0.3, 0.4) is 0 Å². The van der Waals surface area contributed by atoms with Gasteiger partial charge >= 0.3 is 0 Å². The zero-order chi connectivity index (χ0) is 20.3. The quantitative estimate of drug-likeness (QED) is 0.493. The fourth-order valence-corrected chi connectivity index (χ4v) is 4.29. The molecule has 0 atom stereocenters. The van der Waals surface area contributed by atoms with Crippen molar-refractivity contribution in [2.75, 3.05) is 26.6 Å². The van der Waals surface area contributed by atoms with Gasteiger partial charge in [0.1, 0.15) is 5.75 Å². The van der Waals surface area contributed by atoms with Crippen molar-refractivity contribution < 1.29 is 17.9 Å². The summed E-state index contributed by atoms with van der Waals surface area (Å²) >= 11 is 12.3. The highest BCUT2D eigenvalue weighted by Gasteiger charge is 2.16. The van der Waals surface area contributed by atoms with Crippen LogP contribution in [-0.2, 0) is 14.6 Å². The number of benzene rings is 2. The molecule has 0 saturated heterocycles. The number of hydrogen-bond donors (Lipinski definition) is 0. The molecule has 0 fully saturated rings. The van der Waals surface area contributed by atoms with Crippen LogP contribution < -0.4 is 4.74 Å². The van der Waals surface area contributed by atoms with Gasteiger partial charge in [0.25, 0.3) is 0 Å². The van der Waals surface area contributed by atoms with Crippen molar-refractivity contribution in [1.29, 1.82) is 0 Å². The first-order valence-corrected chi connectivity index (χ1v) is 10.7. The predicted octanol–water partition coefficient (Wildman–Crippen LogP) is 4.70. The van der Waals surface area contributed by atoms with Crippen molar-refractivity contribution in [2.45, 2.75) is 4.90 Å². The number of ether oxygens (including phenoxy) is 2. The maximum Gasteiger partial charge on any atom is 0.180 e. The van der Waals surface area contributed by atoms with Crippen LogP contribution in [-0.4, -0.2) is 44.8 Å². The Morgan fingerprint density at radius 3 is 2.31 bits per heavy atom. The molecule has 3 rings (SSSR count). The standard InChI is InChI=1S/C19H18Cl2N2O4S.ClH/c1-26-9-10-28(24,25)15-6-3-13(4-7-15)17-12-19(21)22-23(17)14-5-8-18(27-2)16(20)11-14;/h3-8,11-12H,9-10H2,1-2H3;1H. The fraction of sp³-hybridized carbons (Fsp3) is 0.211. The molecule has 0 aliphatic heterocycles. The van der Waals surface area contributed by atoms with E-state index in [1.807, 2.05) is 0 Å². The topological polar surface area (TPSA) is 70.4 Å². The van der Waals surface area contributed by atoms with E-state index in [9.17, 15) is 8.42 Å². The third-order valence-electron chi connectivity index (χ3n) is 4.12. The molecular formula is C19H19Cl3N2O4S. The maximum atomic E-state index is 12.3. The summed E-state index contributed by atoms with van der Waals surface area (Å²) in [5, 5.41) is 5.06. The van der Waals surface area contributed by atoms with E-state index in [4.69, 9.17) is 32.7 Å². The highest BCUT2D eigenvalue weighted by molar-refractivity contribution is 7.91. The summed E-state index contributed by atoms with van der Waals surface area (Å²) in [7, 11) is -0.388. The molecular weight excluding hydrogens is 459 g/mol. The summed E-state index contributed by atoms with van der Waals surface area (Å²) in [5.41, 5.74) is 2.16. The molecule has 29 heavy (non-hydrogen) atoms. The molecule has 156 valence electrons. The molecule has 0 aliphatic rings. The molecule has 2 aromatic carbocycles. The van der Waals surface area contributed by atoms with Gasteiger partial charge in [-0.25, -0.2) is 13.1 Å². The van der Waals surface area contributed by atoms with Crippen molar-refractivity contribution in [3.63, 3.8) is 0 Å². The number of nitrogens with zero attached hydrogens (tertiary/aromatic N) is 2. The van der Waals surface area contributed by atoms with E-state index in [-0.39, 0.29) is 29.7 Å². The SMILES string of the molecule is COCCS(=O)(=O)c1ccc(-c2cc(Cl)nn2-c2ccc(OC)c(Cl)c2)cc1.Cl. The highest BCUT2D eigenvalue weighted by atomic mass is 35.5. The van der Waals surface area contributed by atoms with Gasteiger partial charge in [0, 0.05) is 18.7 Å². The number of rotatable bonds is 7. The normalized spacial score (nSPS) is 11.2. The van der Waals surface area contributed by atoms with Crippen LogP contribution in [0.4, 0.5) is 0 Å². The monoisotopic (exact) mass is 476 g/mol. The molecule has 0 amide bonds. The minimum Gasteiger partial charge on any atom is -0.495 e. The lowest BCUT2D eigenvalue weighted by molar-refractivity contribution is 0.217. The zero-order valence-electron chi connectivity index (χ0n) is 15.6. The number of hydrogen-bond acceptors (Lipinski definition) is 5. The van der Waals surface area contributed by atoms with Crippen LogP contribution in [0.1, 0.15) is 0 Å². The molecule has 1 aromatic heterocycles. The van der Waals surface area contributed by atoms with Crippen molar-refractivity contribution in [2.24, 2.45) is 0 Å². The van der Waals surface area contributed by atoms with E-state index in [2.05, 4.69) is 5.10 Å². The van der Waals surface area contributed by atoms with Crippen LogP contribution >= 0.6 is 35.6 Å². The van der Waals surface area contributed by atoms with Crippen LogP contribution in [0.5, 0.6) is 5.75 Å². The Bertz CT molecular complexity index is 1080. The van der Waals surface area contributed by atoms with Gasteiger partial charge in [-0.3, -0.25) is 0 Å². The Kier molecular flexibility index (Phi) is 7.96. The summed E-state index contributed by atoms with van der Waals surface area (Å²) in [5.74, 6) is 0.479. The van der Waals surface area contributed by atoms with Gasteiger partial charge in [-0.2, -0.15) is 5.10 Å². The third kappa shape index (κ3) is 5.24. The highest BCUT2D eigenvalue weighted by Crippen LogP contribution is 2.31. The first-order chi connectivity index (χ1) is 13.4. The summed E-state index contributed by atoms with van der Waals surface area (Å²) in [4.78, 5) is 0.234. The van der Waals surface area contributed by atoms with E-state index in [0.717, 1.165) is 5.56 Å². The minimum atomic E-state index is -3.40. The summed E-state index contributed by atoms with van der Waals surface area (Å²) in [6.07, 6.45) is 0. The second-order valence-electron chi connectivity index (χ2n) is 5.92. The van der Waals surface area contributed by atoms with E-state index < -0.39 is 9.84 Å². The smallest absolute Gasteiger partial charge is 0.180 e. The molecule has 0 radical (unpaired) electrons.